The first-order chi connectivity index (χ1) is 8.81. The average molecular weight is 294 g/mol. The van der Waals surface area contributed by atoms with Crippen LogP contribution in [0.25, 0.3) is 0 Å². The van der Waals surface area contributed by atoms with E-state index in [0.717, 1.165) is 12.8 Å². The molecular weight excluding hydrogens is 267 g/mol. The second kappa shape index (κ2) is 8.72. The van der Waals surface area contributed by atoms with E-state index >= 15 is 0 Å². The van der Waals surface area contributed by atoms with Crippen molar-refractivity contribution >= 4 is 13.6 Å². The lowest BCUT2D eigenvalue weighted by Crippen LogP contribution is -2.36. The standard InChI is InChI=1S/C13H27O5P/c1-4-7-10-18-12(14)13(8-5-2,9-6-3)11-19(15,16)17/h4-11H2,1-3H3,(H2,15,16,17). The van der Waals surface area contributed by atoms with Crippen LogP contribution in [0.3, 0.4) is 0 Å². The zero-order valence-electron chi connectivity index (χ0n) is 12.2. The second-order valence-electron chi connectivity index (χ2n) is 5.09. The largest absolute Gasteiger partial charge is 0.465 e. The summed E-state index contributed by atoms with van der Waals surface area (Å²) < 4.78 is 16.5. The van der Waals surface area contributed by atoms with Crippen LogP contribution in [-0.4, -0.2) is 28.5 Å². The van der Waals surface area contributed by atoms with Gasteiger partial charge >= 0.3 is 13.6 Å². The van der Waals surface area contributed by atoms with Gasteiger partial charge in [0.05, 0.1) is 18.2 Å². The first-order valence-corrected chi connectivity index (χ1v) is 8.83. The minimum Gasteiger partial charge on any atom is -0.465 e. The molecule has 0 saturated heterocycles. The van der Waals surface area contributed by atoms with Gasteiger partial charge in [-0.1, -0.05) is 40.0 Å². The molecule has 2 N–H and O–H groups in total. The van der Waals surface area contributed by atoms with Crippen molar-refractivity contribution in [2.24, 2.45) is 5.41 Å². The van der Waals surface area contributed by atoms with Crippen molar-refractivity contribution in [1.82, 2.24) is 0 Å². The Hall–Kier alpha value is -0.380. The molecule has 0 aliphatic carbocycles. The van der Waals surface area contributed by atoms with Crippen molar-refractivity contribution in [2.75, 3.05) is 12.8 Å². The van der Waals surface area contributed by atoms with E-state index in [2.05, 4.69) is 0 Å². The van der Waals surface area contributed by atoms with Crippen LogP contribution in [0.15, 0.2) is 0 Å². The summed E-state index contributed by atoms with van der Waals surface area (Å²) in [6.45, 7) is 6.13. The smallest absolute Gasteiger partial charge is 0.326 e. The Kier molecular flexibility index (Phi) is 8.55. The van der Waals surface area contributed by atoms with E-state index in [1.807, 2.05) is 20.8 Å². The molecule has 0 unspecified atom stereocenters. The Balaban J connectivity index is 4.97. The number of hydrogen-bond acceptors (Lipinski definition) is 3. The van der Waals surface area contributed by atoms with Crippen molar-refractivity contribution in [1.29, 1.82) is 0 Å². The maximum atomic E-state index is 12.2. The van der Waals surface area contributed by atoms with Crippen molar-refractivity contribution in [3.05, 3.63) is 0 Å². The molecule has 0 bridgehead atoms. The minimum absolute atomic E-state index is 0.325. The number of esters is 1. The van der Waals surface area contributed by atoms with Crippen LogP contribution in [0.2, 0.25) is 0 Å². The zero-order chi connectivity index (χ0) is 14.9. The van der Waals surface area contributed by atoms with E-state index in [1.54, 1.807) is 0 Å². The van der Waals surface area contributed by atoms with Crippen LogP contribution < -0.4 is 0 Å². The lowest BCUT2D eigenvalue weighted by molar-refractivity contribution is -0.156. The van der Waals surface area contributed by atoms with Gasteiger partial charge < -0.3 is 14.5 Å². The molecule has 0 radical (unpaired) electrons. The third-order valence-electron chi connectivity index (χ3n) is 3.13. The molecule has 0 spiro atoms. The van der Waals surface area contributed by atoms with E-state index in [4.69, 9.17) is 4.74 Å². The molecule has 5 nitrogen and oxygen atoms in total. The number of rotatable bonds is 10. The molecule has 0 aromatic carbocycles. The lowest BCUT2D eigenvalue weighted by Gasteiger charge is -2.31. The number of hydrogen-bond donors (Lipinski definition) is 2. The van der Waals surface area contributed by atoms with Gasteiger partial charge in [0.1, 0.15) is 0 Å². The molecule has 0 aromatic heterocycles. The SMILES string of the molecule is CCCCOC(=O)C(CCC)(CCC)CP(=O)(O)O. The molecule has 0 heterocycles. The van der Waals surface area contributed by atoms with Crippen LogP contribution in [-0.2, 0) is 14.1 Å². The first kappa shape index (κ1) is 18.6. The average Bonchev–Trinajstić information content (AvgIpc) is 2.27. The van der Waals surface area contributed by atoms with E-state index in [0.29, 0.717) is 32.3 Å². The summed E-state index contributed by atoms with van der Waals surface area (Å²) in [6.07, 6.45) is 3.59. The van der Waals surface area contributed by atoms with Gasteiger partial charge in [-0.05, 0) is 19.3 Å². The highest BCUT2D eigenvalue weighted by Crippen LogP contribution is 2.47. The van der Waals surface area contributed by atoms with Gasteiger partial charge in [-0.25, -0.2) is 0 Å². The Morgan fingerprint density at radius 1 is 1.11 bits per heavy atom. The van der Waals surface area contributed by atoms with E-state index in [9.17, 15) is 19.1 Å². The summed E-state index contributed by atoms with van der Waals surface area (Å²) in [5, 5.41) is 0. The van der Waals surface area contributed by atoms with Crippen molar-refractivity contribution in [3.63, 3.8) is 0 Å². The molecule has 0 saturated carbocycles. The Bertz CT molecular complexity index is 304. The normalized spacial score (nSPS) is 12.5. The fraction of sp³-hybridized carbons (Fsp3) is 0.923. The first-order valence-electron chi connectivity index (χ1n) is 7.03. The van der Waals surface area contributed by atoms with Crippen LogP contribution in [0.4, 0.5) is 0 Å². The molecule has 0 aromatic rings. The fourth-order valence-electron chi connectivity index (χ4n) is 2.37. The van der Waals surface area contributed by atoms with E-state index in [-0.39, 0.29) is 0 Å². The van der Waals surface area contributed by atoms with Crippen molar-refractivity contribution in [3.8, 4) is 0 Å². The van der Waals surface area contributed by atoms with Gasteiger partial charge in [-0.3, -0.25) is 9.36 Å². The molecular formula is C13H27O5P. The fourth-order valence-corrected chi connectivity index (χ4v) is 3.60. The van der Waals surface area contributed by atoms with Crippen LogP contribution in [0.5, 0.6) is 0 Å². The molecule has 0 aliphatic heterocycles. The Morgan fingerprint density at radius 3 is 2.00 bits per heavy atom. The maximum absolute atomic E-state index is 12.2. The monoisotopic (exact) mass is 294 g/mol. The van der Waals surface area contributed by atoms with Gasteiger partial charge in [-0.2, -0.15) is 0 Å². The number of ether oxygens (including phenoxy) is 1. The molecule has 114 valence electrons. The minimum atomic E-state index is -4.24. The molecule has 19 heavy (non-hydrogen) atoms. The highest BCUT2D eigenvalue weighted by atomic mass is 31.2. The highest BCUT2D eigenvalue weighted by Gasteiger charge is 2.43. The van der Waals surface area contributed by atoms with Gasteiger partial charge in [-0.15, -0.1) is 0 Å². The highest BCUT2D eigenvalue weighted by molar-refractivity contribution is 7.51. The number of carbonyl (C=O) groups is 1. The lowest BCUT2D eigenvalue weighted by atomic mass is 9.81. The molecule has 0 aliphatic rings. The van der Waals surface area contributed by atoms with Gasteiger partial charge in [0.2, 0.25) is 0 Å². The predicted octanol–water partition coefficient (Wildman–Crippen LogP) is 3.09. The van der Waals surface area contributed by atoms with Crippen LogP contribution in [0, 0.1) is 5.41 Å². The molecule has 0 rings (SSSR count). The molecule has 6 heteroatoms. The Morgan fingerprint density at radius 2 is 1.63 bits per heavy atom. The molecule has 0 amide bonds. The summed E-state index contributed by atoms with van der Waals surface area (Å²) >= 11 is 0. The summed E-state index contributed by atoms with van der Waals surface area (Å²) in [5.74, 6) is -0.451. The topological polar surface area (TPSA) is 83.8 Å². The van der Waals surface area contributed by atoms with E-state index < -0.39 is 25.1 Å². The van der Waals surface area contributed by atoms with Gasteiger partial charge in [0, 0.05) is 0 Å². The summed E-state index contributed by atoms with van der Waals surface area (Å²) in [6, 6.07) is 0. The molecule has 0 fully saturated rings. The molecule has 0 atom stereocenters. The van der Waals surface area contributed by atoms with Gasteiger partial charge in [0.25, 0.3) is 0 Å². The summed E-state index contributed by atoms with van der Waals surface area (Å²) in [7, 11) is -4.24. The van der Waals surface area contributed by atoms with Crippen LogP contribution >= 0.6 is 7.60 Å². The van der Waals surface area contributed by atoms with Crippen molar-refractivity contribution in [2.45, 2.75) is 59.3 Å². The predicted molar refractivity (Wildman–Crippen MR) is 75.0 cm³/mol. The summed E-state index contributed by atoms with van der Waals surface area (Å²) in [5.41, 5.74) is -1.03. The van der Waals surface area contributed by atoms with Gasteiger partial charge in [0.15, 0.2) is 0 Å². The second-order valence-corrected chi connectivity index (χ2v) is 6.74. The van der Waals surface area contributed by atoms with E-state index in [1.165, 1.54) is 0 Å². The zero-order valence-corrected chi connectivity index (χ0v) is 13.1. The number of carbonyl (C=O) groups excluding carboxylic acids is 1. The quantitative estimate of drug-likeness (QED) is 0.367. The van der Waals surface area contributed by atoms with Crippen LogP contribution in [0.1, 0.15) is 59.3 Å². The third kappa shape index (κ3) is 7.09. The third-order valence-corrected chi connectivity index (χ3v) is 4.15. The number of unbranched alkanes of at least 4 members (excludes halogenated alkanes) is 1. The summed E-state index contributed by atoms with van der Waals surface area (Å²) in [4.78, 5) is 30.7. The Labute approximate surface area is 115 Å². The van der Waals surface area contributed by atoms with Crippen molar-refractivity contribution < 1.29 is 23.9 Å². The maximum Gasteiger partial charge on any atom is 0.326 e.